The zero-order valence-electron chi connectivity index (χ0n) is 8.89. The number of ether oxygens (including phenoxy) is 1. The van der Waals surface area contributed by atoms with Crippen molar-refractivity contribution >= 4 is 6.47 Å². The molecule has 1 heterocycles. The Morgan fingerprint density at radius 1 is 1.23 bits per heavy atom. The highest BCUT2D eigenvalue weighted by Crippen LogP contribution is 2.29. The molecule has 0 aromatic rings. The number of nitrogens with one attached hydrogen (secondary N) is 1. The molecule has 0 unspecified atom stereocenters. The van der Waals surface area contributed by atoms with Crippen LogP contribution in [0.15, 0.2) is 0 Å². The molecular weight excluding hydrogens is 166 g/mol. The maximum atomic E-state index is 10.3. The quantitative estimate of drug-likeness (QED) is 0.662. The Morgan fingerprint density at radius 3 is 2.08 bits per heavy atom. The smallest absolute Gasteiger partial charge is 0.293 e. The van der Waals surface area contributed by atoms with Crippen molar-refractivity contribution in [2.24, 2.45) is 0 Å². The van der Waals surface area contributed by atoms with Gasteiger partial charge in [-0.1, -0.05) is 0 Å². The van der Waals surface area contributed by atoms with Crippen LogP contribution in [-0.2, 0) is 9.53 Å². The van der Waals surface area contributed by atoms with Crippen LogP contribution in [0.3, 0.4) is 0 Å². The average molecular weight is 185 g/mol. The monoisotopic (exact) mass is 185 g/mol. The summed E-state index contributed by atoms with van der Waals surface area (Å²) in [6.45, 7) is 9.09. The van der Waals surface area contributed by atoms with E-state index in [4.69, 9.17) is 4.74 Å². The summed E-state index contributed by atoms with van der Waals surface area (Å²) in [7, 11) is 0. The standard InChI is InChI=1S/C10H19NO2/c1-9(2)5-8(13-7-12)6-10(3,4)11-9/h7-8,11H,5-6H2,1-4H3. The Hall–Kier alpha value is -0.570. The summed E-state index contributed by atoms with van der Waals surface area (Å²) in [5.74, 6) is 0. The van der Waals surface area contributed by atoms with Gasteiger partial charge in [-0.15, -0.1) is 0 Å². The normalized spacial score (nSPS) is 26.8. The first-order valence-electron chi connectivity index (χ1n) is 4.73. The zero-order valence-corrected chi connectivity index (χ0v) is 8.89. The van der Waals surface area contributed by atoms with E-state index in [9.17, 15) is 4.79 Å². The van der Waals surface area contributed by atoms with Crippen LogP contribution in [0.1, 0.15) is 40.5 Å². The van der Waals surface area contributed by atoms with Gasteiger partial charge in [0.2, 0.25) is 0 Å². The number of piperidine rings is 1. The van der Waals surface area contributed by atoms with Crippen molar-refractivity contribution < 1.29 is 9.53 Å². The second-order valence-electron chi connectivity index (χ2n) is 5.16. The molecule has 1 rings (SSSR count). The second kappa shape index (κ2) is 3.29. The van der Waals surface area contributed by atoms with Crippen LogP contribution in [0.25, 0.3) is 0 Å². The fourth-order valence-electron chi connectivity index (χ4n) is 2.40. The summed E-state index contributed by atoms with van der Waals surface area (Å²) < 4.78 is 5.03. The van der Waals surface area contributed by atoms with E-state index in [0.29, 0.717) is 6.47 Å². The third-order valence-corrected chi connectivity index (χ3v) is 2.40. The molecule has 0 spiro atoms. The van der Waals surface area contributed by atoms with E-state index in [2.05, 4.69) is 33.0 Å². The summed E-state index contributed by atoms with van der Waals surface area (Å²) in [6, 6.07) is 0. The number of hydrogen-bond donors (Lipinski definition) is 1. The summed E-state index contributed by atoms with van der Waals surface area (Å²) in [6.07, 6.45) is 1.83. The summed E-state index contributed by atoms with van der Waals surface area (Å²) >= 11 is 0. The highest BCUT2D eigenvalue weighted by atomic mass is 16.5. The highest BCUT2D eigenvalue weighted by molar-refractivity contribution is 5.37. The van der Waals surface area contributed by atoms with Crippen molar-refractivity contribution in [3.05, 3.63) is 0 Å². The maximum Gasteiger partial charge on any atom is 0.293 e. The molecule has 1 aliphatic rings. The molecule has 1 N–H and O–H groups in total. The van der Waals surface area contributed by atoms with Crippen molar-refractivity contribution in [2.75, 3.05) is 0 Å². The van der Waals surface area contributed by atoms with E-state index in [1.807, 2.05) is 0 Å². The van der Waals surface area contributed by atoms with Crippen molar-refractivity contribution in [2.45, 2.75) is 57.7 Å². The van der Waals surface area contributed by atoms with Crippen LogP contribution in [0.2, 0.25) is 0 Å². The van der Waals surface area contributed by atoms with Crippen molar-refractivity contribution in [1.82, 2.24) is 5.32 Å². The van der Waals surface area contributed by atoms with E-state index in [1.54, 1.807) is 0 Å². The van der Waals surface area contributed by atoms with Crippen LogP contribution in [0.5, 0.6) is 0 Å². The van der Waals surface area contributed by atoms with Gasteiger partial charge in [-0.25, -0.2) is 0 Å². The SMILES string of the molecule is CC1(C)CC(OC=O)CC(C)(C)N1. The summed E-state index contributed by atoms with van der Waals surface area (Å²) in [4.78, 5) is 10.3. The van der Waals surface area contributed by atoms with Gasteiger partial charge in [-0.2, -0.15) is 0 Å². The van der Waals surface area contributed by atoms with Gasteiger partial charge in [0.25, 0.3) is 6.47 Å². The van der Waals surface area contributed by atoms with E-state index in [1.165, 1.54) is 0 Å². The maximum absolute atomic E-state index is 10.3. The molecule has 0 saturated carbocycles. The minimum atomic E-state index is 0.0510. The average Bonchev–Trinajstić information content (AvgIpc) is 1.78. The third-order valence-electron chi connectivity index (χ3n) is 2.40. The van der Waals surface area contributed by atoms with Gasteiger partial charge in [0.1, 0.15) is 6.10 Å². The molecule has 1 aliphatic heterocycles. The van der Waals surface area contributed by atoms with Gasteiger partial charge in [0, 0.05) is 23.9 Å². The zero-order chi connectivity index (χ0) is 10.1. The summed E-state index contributed by atoms with van der Waals surface area (Å²) in [5, 5.41) is 3.52. The lowest BCUT2D eigenvalue weighted by atomic mass is 9.81. The Labute approximate surface area is 79.8 Å². The van der Waals surface area contributed by atoms with Crippen molar-refractivity contribution in [3.63, 3.8) is 0 Å². The third kappa shape index (κ3) is 2.99. The lowest BCUT2D eigenvalue weighted by Gasteiger charge is -2.45. The number of carbonyl (C=O) groups excluding carboxylic acids is 1. The fraction of sp³-hybridized carbons (Fsp3) is 0.900. The topological polar surface area (TPSA) is 38.3 Å². The number of hydrogen-bond acceptors (Lipinski definition) is 3. The molecule has 1 fully saturated rings. The Balaban J connectivity index is 2.66. The van der Waals surface area contributed by atoms with Gasteiger partial charge < -0.3 is 10.1 Å². The molecule has 0 amide bonds. The van der Waals surface area contributed by atoms with Crippen LogP contribution < -0.4 is 5.32 Å². The van der Waals surface area contributed by atoms with Crippen LogP contribution >= 0.6 is 0 Å². The second-order valence-corrected chi connectivity index (χ2v) is 5.16. The number of rotatable bonds is 2. The molecule has 13 heavy (non-hydrogen) atoms. The first-order valence-corrected chi connectivity index (χ1v) is 4.73. The first-order chi connectivity index (χ1) is 5.85. The highest BCUT2D eigenvalue weighted by Gasteiger charge is 2.38. The van der Waals surface area contributed by atoms with Gasteiger partial charge in [-0.3, -0.25) is 4.79 Å². The molecule has 0 radical (unpaired) electrons. The Morgan fingerprint density at radius 2 is 1.69 bits per heavy atom. The Kier molecular flexibility index (Phi) is 2.66. The summed E-state index contributed by atoms with van der Waals surface area (Å²) in [5.41, 5.74) is 0.102. The van der Waals surface area contributed by atoms with Gasteiger partial charge >= 0.3 is 0 Å². The van der Waals surface area contributed by atoms with Crippen molar-refractivity contribution in [1.29, 1.82) is 0 Å². The number of carbonyl (C=O) groups is 1. The van der Waals surface area contributed by atoms with Crippen LogP contribution in [-0.4, -0.2) is 23.7 Å². The molecule has 0 bridgehead atoms. The van der Waals surface area contributed by atoms with Crippen LogP contribution in [0, 0.1) is 0 Å². The molecular formula is C10H19NO2. The van der Waals surface area contributed by atoms with Crippen LogP contribution in [0.4, 0.5) is 0 Å². The van der Waals surface area contributed by atoms with Gasteiger partial charge in [-0.05, 0) is 27.7 Å². The molecule has 0 aliphatic carbocycles. The van der Waals surface area contributed by atoms with Gasteiger partial charge in [0.05, 0.1) is 0 Å². The lowest BCUT2D eigenvalue weighted by molar-refractivity contribution is -0.137. The largest absolute Gasteiger partial charge is 0.464 e. The first kappa shape index (κ1) is 10.5. The Bertz CT molecular complexity index is 183. The molecule has 0 aromatic carbocycles. The molecule has 3 nitrogen and oxygen atoms in total. The van der Waals surface area contributed by atoms with Crippen molar-refractivity contribution in [3.8, 4) is 0 Å². The van der Waals surface area contributed by atoms with E-state index in [-0.39, 0.29) is 17.2 Å². The molecule has 76 valence electrons. The molecule has 0 atom stereocenters. The minimum absolute atomic E-state index is 0.0510. The lowest BCUT2D eigenvalue weighted by Crippen LogP contribution is -2.59. The van der Waals surface area contributed by atoms with E-state index >= 15 is 0 Å². The van der Waals surface area contributed by atoms with E-state index in [0.717, 1.165) is 12.8 Å². The molecule has 3 heteroatoms. The van der Waals surface area contributed by atoms with E-state index < -0.39 is 0 Å². The fourth-order valence-corrected chi connectivity index (χ4v) is 2.40. The van der Waals surface area contributed by atoms with Gasteiger partial charge in [0.15, 0.2) is 0 Å². The predicted molar refractivity (Wildman–Crippen MR) is 51.5 cm³/mol. The molecule has 0 aromatic heterocycles. The molecule has 1 saturated heterocycles. The minimum Gasteiger partial charge on any atom is -0.464 e. The predicted octanol–water partition coefficient (Wildman–Crippen LogP) is 1.47.